The van der Waals surface area contributed by atoms with Gasteiger partial charge in [0.2, 0.25) is 0 Å². The molecule has 0 unspecified atom stereocenters. The van der Waals surface area contributed by atoms with Crippen LogP contribution in [-0.4, -0.2) is 9.55 Å². The SMILES string of the molecule is Ic1ccc2c(c1)c1ccccc1n2-c1ccccn1. The topological polar surface area (TPSA) is 17.8 Å². The third-order valence-electron chi connectivity index (χ3n) is 3.51. The van der Waals surface area contributed by atoms with E-state index in [0.29, 0.717) is 0 Å². The molecule has 4 aromatic rings. The first-order chi connectivity index (χ1) is 9.84. The van der Waals surface area contributed by atoms with E-state index in [1.165, 1.54) is 25.4 Å². The minimum Gasteiger partial charge on any atom is -0.294 e. The van der Waals surface area contributed by atoms with Crippen LogP contribution >= 0.6 is 22.6 Å². The molecule has 2 aromatic heterocycles. The van der Waals surface area contributed by atoms with Gasteiger partial charge in [-0.15, -0.1) is 0 Å². The van der Waals surface area contributed by atoms with Crippen LogP contribution in [0.2, 0.25) is 0 Å². The van der Waals surface area contributed by atoms with Gasteiger partial charge in [-0.25, -0.2) is 4.98 Å². The van der Waals surface area contributed by atoms with Gasteiger partial charge in [0.05, 0.1) is 11.0 Å². The van der Waals surface area contributed by atoms with Crippen molar-refractivity contribution < 1.29 is 0 Å². The van der Waals surface area contributed by atoms with Crippen molar-refractivity contribution in [2.75, 3.05) is 0 Å². The summed E-state index contributed by atoms with van der Waals surface area (Å²) in [5.74, 6) is 0.958. The van der Waals surface area contributed by atoms with Gasteiger partial charge in [0.15, 0.2) is 0 Å². The van der Waals surface area contributed by atoms with Crippen molar-refractivity contribution in [3.8, 4) is 5.82 Å². The van der Waals surface area contributed by atoms with Gasteiger partial charge in [0.1, 0.15) is 5.82 Å². The zero-order chi connectivity index (χ0) is 13.5. The largest absolute Gasteiger partial charge is 0.294 e. The molecule has 2 nitrogen and oxygen atoms in total. The number of hydrogen-bond donors (Lipinski definition) is 0. The van der Waals surface area contributed by atoms with Crippen LogP contribution in [0.5, 0.6) is 0 Å². The predicted octanol–water partition coefficient (Wildman–Crippen LogP) is 4.78. The van der Waals surface area contributed by atoms with Crippen LogP contribution in [0.15, 0.2) is 66.9 Å². The first-order valence-electron chi connectivity index (χ1n) is 6.45. The fourth-order valence-electron chi connectivity index (χ4n) is 2.68. The molecule has 0 radical (unpaired) electrons. The zero-order valence-electron chi connectivity index (χ0n) is 10.6. The van der Waals surface area contributed by atoms with Crippen molar-refractivity contribution in [3.63, 3.8) is 0 Å². The molecular formula is C17H11IN2. The van der Waals surface area contributed by atoms with Gasteiger partial charge in [0, 0.05) is 20.5 Å². The highest BCUT2D eigenvalue weighted by Gasteiger charge is 2.12. The predicted molar refractivity (Wildman–Crippen MR) is 91.3 cm³/mol. The molecule has 2 heterocycles. The maximum atomic E-state index is 4.50. The normalized spacial score (nSPS) is 11.2. The summed E-state index contributed by atoms with van der Waals surface area (Å²) in [5, 5.41) is 2.55. The second-order valence-electron chi connectivity index (χ2n) is 4.70. The van der Waals surface area contributed by atoms with Gasteiger partial charge in [0.25, 0.3) is 0 Å². The number of rotatable bonds is 1. The van der Waals surface area contributed by atoms with Gasteiger partial charge in [-0.05, 0) is 59.0 Å². The molecule has 0 bridgehead atoms. The van der Waals surface area contributed by atoms with Gasteiger partial charge in [-0.3, -0.25) is 4.57 Å². The van der Waals surface area contributed by atoms with E-state index in [-0.39, 0.29) is 0 Å². The Bertz CT molecular complexity index is 910. The lowest BCUT2D eigenvalue weighted by Crippen LogP contribution is -1.95. The maximum absolute atomic E-state index is 4.50. The van der Waals surface area contributed by atoms with Gasteiger partial charge < -0.3 is 0 Å². The molecule has 0 aliphatic carbocycles. The van der Waals surface area contributed by atoms with Crippen LogP contribution in [0.3, 0.4) is 0 Å². The van der Waals surface area contributed by atoms with E-state index in [2.05, 4.69) is 74.6 Å². The second kappa shape index (κ2) is 4.59. The standard InChI is InChI=1S/C17H11IN2/c18-12-8-9-16-14(11-12)13-5-1-2-6-15(13)20(16)17-7-3-4-10-19-17/h1-11H. The minimum absolute atomic E-state index is 0.958. The molecule has 0 aliphatic heterocycles. The molecule has 20 heavy (non-hydrogen) atoms. The fraction of sp³-hybridized carbons (Fsp3) is 0. The molecule has 0 spiro atoms. The molecule has 0 amide bonds. The molecule has 0 N–H and O–H groups in total. The Labute approximate surface area is 130 Å². The Balaban J connectivity index is 2.22. The quantitative estimate of drug-likeness (QED) is 0.441. The number of hydrogen-bond acceptors (Lipinski definition) is 1. The van der Waals surface area contributed by atoms with Crippen LogP contribution in [0.1, 0.15) is 0 Å². The highest BCUT2D eigenvalue weighted by atomic mass is 127. The molecular weight excluding hydrogens is 359 g/mol. The van der Waals surface area contributed by atoms with Gasteiger partial charge in [-0.1, -0.05) is 24.3 Å². The summed E-state index contributed by atoms with van der Waals surface area (Å²) < 4.78 is 3.47. The van der Waals surface area contributed by atoms with Crippen LogP contribution in [0.25, 0.3) is 27.6 Å². The van der Waals surface area contributed by atoms with Crippen LogP contribution in [0, 0.1) is 3.57 Å². The van der Waals surface area contributed by atoms with Crippen molar-refractivity contribution in [3.05, 3.63) is 70.4 Å². The summed E-state index contributed by atoms with van der Waals surface area (Å²) in [5.41, 5.74) is 2.40. The number of halogens is 1. The van der Waals surface area contributed by atoms with Crippen LogP contribution < -0.4 is 0 Å². The number of aromatic nitrogens is 2. The van der Waals surface area contributed by atoms with Crippen molar-refractivity contribution in [1.29, 1.82) is 0 Å². The first-order valence-corrected chi connectivity index (χ1v) is 7.52. The van der Waals surface area contributed by atoms with E-state index < -0.39 is 0 Å². The Morgan fingerprint density at radius 1 is 0.800 bits per heavy atom. The van der Waals surface area contributed by atoms with Crippen molar-refractivity contribution >= 4 is 44.4 Å². The lowest BCUT2D eigenvalue weighted by molar-refractivity contribution is 1.08. The molecule has 3 heteroatoms. The zero-order valence-corrected chi connectivity index (χ0v) is 12.8. The lowest BCUT2D eigenvalue weighted by atomic mass is 10.2. The number of nitrogens with zero attached hydrogens (tertiary/aromatic N) is 2. The van der Waals surface area contributed by atoms with E-state index in [4.69, 9.17) is 0 Å². The molecule has 4 rings (SSSR count). The van der Waals surface area contributed by atoms with Gasteiger partial charge in [-0.2, -0.15) is 0 Å². The summed E-state index contributed by atoms with van der Waals surface area (Å²) in [6.45, 7) is 0. The fourth-order valence-corrected chi connectivity index (χ4v) is 3.17. The molecule has 96 valence electrons. The third-order valence-corrected chi connectivity index (χ3v) is 4.18. The second-order valence-corrected chi connectivity index (χ2v) is 5.95. The summed E-state index contributed by atoms with van der Waals surface area (Å²) >= 11 is 2.36. The summed E-state index contributed by atoms with van der Waals surface area (Å²) in [7, 11) is 0. The number of pyridine rings is 1. The minimum atomic E-state index is 0.958. The Hall–Kier alpha value is -1.88. The van der Waals surface area contributed by atoms with E-state index in [9.17, 15) is 0 Å². The third kappa shape index (κ3) is 1.73. The first kappa shape index (κ1) is 11.9. The molecule has 0 atom stereocenters. The van der Waals surface area contributed by atoms with Gasteiger partial charge >= 0.3 is 0 Å². The molecule has 0 fully saturated rings. The highest BCUT2D eigenvalue weighted by molar-refractivity contribution is 14.1. The van der Waals surface area contributed by atoms with E-state index >= 15 is 0 Å². The average molecular weight is 370 g/mol. The summed E-state index contributed by atoms with van der Waals surface area (Å²) in [6, 6.07) is 21.0. The van der Waals surface area contributed by atoms with Crippen molar-refractivity contribution in [1.82, 2.24) is 9.55 Å². The van der Waals surface area contributed by atoms with E-state index in [0.717, 1.165) is 5.82 Å². The lowest BCUT2D eigenvalue weighted by Gasteiger charge is -2.05. The van der Waals surface area contributed by atoms with Crippen molar-refractivity contribution in [2.24, 2.45) is 0 Å². The summed E-state index contributed by atoms with van der Waals surface area (Å²) in [4.78, 5) is 4.50. The average Bonchev–Trinajstić information content (AvgIpc) is 2.82. The molecule has 0 saturated heterocycles. The Kier molecular flexibility index (Phi) is 2.73. The molecule has 0 aliphatic rings. The molecule has 0 saturated carbocycles. The van der Waals surface area contributed by atoms with Crippen molar-refractivity contribution in [2.45, 2.75) is 0 Å². The van der Waals surface area contributed by atoms with E-state index in [1.54, 1.807) is 0 Å². The van der Waals surface area contributed by atoms with Crippen LogP contribution in [0.4, 0.5) is 0 Å². The smallest absolute Gasteiger partial charge is 0.137 e. The Morgan fingerprint density at radius 2 is 1.60 bits per heavy atom. The maximum Gasteiger partial charge on any atom is 0.137 e. The number of benzene rings is 2. The molecule has 2 aromatic carbocycles. The monoisotopic (exact) mass is 370 g/mol. The van der Waals surface area contributed by atoms with Crippen LogP contribution in [-0.2, 0) is 0 Å². The number of para-hydroxylation sites is 1. The van der Waals surface area contributed by atoms with E-state index in [1.807, 2.05) is 24.4 Å². The number of fused-ring (bicyclic) bond motifs is 3. The Morgan fingerprint density at radius 3 is 2.45 bits per heavy atom. The highest BCUT2D eigenvalue weighted by Crippen LogP contribution is 2.31. The summed E-state index contributed by atoms with van der Waals surface area (Å²) in [6.07, 6.45) is 1.84.